The van der Waals surface area contributed by atoms with Gasteiger partial charge in [0.25, 0.3) is 0 Å². The van der Waals surface area contributed by atoms with Gasteiger partial charge in [0.2, 0.25) is 0 Å². The van der Waals surface area contributed by atoms with Crippen molar-refractivity contribution in [2.24, 2.45) is 0 Å². The Bertz CT molecular complexity index is 642. The van der Waals surface area contributed by atoms with Crippen LogP contribution in [-0.4, -0.2) is 29.4 Å². The van der Waals surface area contributed by atoms with Crippen molar-refractivity contribution >= 4 is 16.9 Å². The zero-order chi connectivity index (χ0) is 13.4. The average molecular weight is 259 g/mol. The van der Waals surface area contributed by atoms with Gasteiger partial charge >= 0.3 is 5.97 Å². The summed E-state index contributed by atoms with van der Waals surface area (Å²) < 4.78 is 6.95. The monoisotopic (exact) mass is 259 g/mol. The molecular weight excluding hydrogens is 242 g/mol. The van der Waals surface area contributed by atoms with Gasteiger partial charge in [0.05, 0.1) is 19.3 Å². The fourth-order valence-corrected chi connectivity index (χ4v) is 3.07. The number of nitrogens with zero attached hydrogens (tertiary/aromatic N) is 1. The van der Waals surface area contributed by atoms with Crippen molar-refractivity contribution in [1.82, 2.24) is 4.57 Å². The number of aryl methyl sites for hydroxylation is 1. The maximum Gasteiger partial charge on any atom is 0.337 e. The van der Waals surface area contributed by atoms with E-state index >= 15 is 0 Å². The van der Waals surface area contributed by atoms with Gasteiger partial charge < -0.3 is 14.4 Å². The van der Waals surface area contributed by atoms with Crippen LogP contribution < -0.4 is 0 Å². The number of esters is 1. The Kier molecular flexibility index (Phi) is 3.03. The second-order valence-electron chi connectivity index (χ2n) is 4.88. The Hall–Kier alpha value is -1.81. The molecule has 0 bridgehead atoms. The number of carbonyl (C=O) groups excluding carboxylic acids is 1. The summed E-state index contributed by atoms with van der Waals surface area (Å²) >= 11 is 0. The van der Waals surface area contributed by atoms with Gasteiger partial charge in [-0.1, -0.05) is 0 Å². The molecule has 4 nitrogen and oxygen atoms in total. The van der Waals surface area contributed by atoms with Crippen LogP contribution in [0.5, 0.6) is 0 Å². The molecule has 0 unspecified atom stereocenters. The molecule has 2 aromatic rings. The van der Waals surface area contributed by atoms with Crippen LogP contribution >= 0.6 is 0 Å². The van der Waals surface area contributed by atoms with Crippen molar-refractivity contribution in [3.8, 4) is 0 Å². The first kappa shape index (κ1) is 12.2. The average Bonchev–Trinajstić information content (AvgIpc) is 3.01. The minimum Gasteiger partial charge on any atom is -0.465 e. The summed E-state index contributed by atoms with van der Waals surface area (Å²) in [6, 6.07) is 5.66. The van der Waals surface area contributed by atoms with Crippen LogP contribution in [0.2, 0.25) is 0 Å². The van der Waals surface area contributed by atoms with Crippen molar-refractivity contribution in [2.75, 3.05) is 13.7 Å². The van der Waals surface area contributed by atoms with E-state index in [-0.39, 0.29) is 12.6 Å². The van der Waals surface area contributed by atoms with Gasteiger partial charge in [-0.25, -0.2) is 4.79 Å². The molecule has 0 fully saturated rings. The Morgan fingerprint density at radius 1 is 1.42 bits per heavy atom. The molecule has 0 radical (unpaired) electrons. The van der Waals surface area contributed by atoms with Crippen LogP contribution in [0.3, 0.4) is 0 Å². The minimum atomic E-state index is -0.302. The highest BCUT2D eigenvalue weighted by atomic mass is 16.5. The molecular formula is C15H17NO3. The van der Waals surface area contributed by atoms with Gasteiger partial charge in [0.1, 0.15) is 0 Å². The number of rotatable bonds is 3. The van der Waals surface area contributed by atoms with Crippen LogP contribution in [0.1, 0.15) is 28.0 Å². The molecule has 100 valence electrons. The first-order valence-corrected chi connectivity index (χ1v) is 6.59. The second-order valence-corrected chi connectivity index (χ2v) is 4.88. The van der Waals surface area contributed by atoms with E-state index in [2.05, 4.69) is 4.57 Å². The predicted octanol–water partition coefficient (Wildman–Crippen LogP) is 1.91. The van der Waals surface area contributed by atoms with Gasteiger partial charge in [0, 0.05) is 23.1 Å². The van der Waals surface area contributed by atoms with Crippen molar-refractivity contribution in [1.29, 1.82) is 0 Å². The van der Waals surface area contributed by atoms with Gasteiger partial charge in [-0.3, -0.25) is 0 Å². The Balaban J connectivity index is 2.20. The Labute approximate surface area is 111 Å². The number of aliphatic hydroxyl groups is 1. The lowest BCUT2D eigenvalue weighted by atomic mass is 10.1. The quantitative estimate of drug-likeness (QED) is 0.857. The third kappa shape index (κ3) is 1.83. The molecule has 1 aliphatic carbocycles. The van der Waals surface area contributed by atoms with E-state index in [1.807, 2.05) is 12.1 Å². The van der Waals surface area contributed by atoms with Crippen molar-refractivity contribution < 1.29 is 14.6 Å². The Morgan fingerprint density at radius 3 is 3.00 bits per heavy atom. The molecule has 0 saturated heterocycles. The van der Waals surface area contributed by atoms with Gasteiger partial charge in [-0.15, -0.1) is 0 Å². The van der Waals surface area contributed by atoms with Gasteiger partial charge in [-0.2, -0.15) is 0 Å². The van der Waals surface area contributed by atoms with Gasteiger partial charge in [0.15, 0.2) is 0 Å². The maximum absolute atomic E-state index is 11.6. The smallest absolute Gasteiger partial charge is 0.337 e. The normalized spacial score (nSPS) is 13.8. The van der Waals surface area contributed by atoms with Crippen LogP contribution in [0.15, 0.2) is 18.2 Å². The fraction of sp³-hybridized carbons (Fsp3) is 0.400. The lowest BCUT2D eigenvalue weighted by molar-refractivity contribution is 0.0601. The summed E-state index contributed by atoms with van der Waals surface area (Å²) in [5, 5.41) is 10.3. The highest BCUT2D eigenvalue weighted by Gasteiger charge is 2.22. The summed E-state index contributed by atoms with van der Waals surface area (Å²) in [6.07, 6.45) is 3.25. The number of fused-ring (bicyclic) bond motifs is 3. The van der Waals surface area contributed by atoms with Crippen molar-refractivity contribution in [2.45, 2.75) is 25.8 Å². The zero-order valence-electron chi connectivity index (χ0n) is 11.0. The largest absolute Gasteiger partial charge is 0.465 e. The third-order valence-electron chi connectivity index (χ3n) is 3.87. The molecule has 19 heavy (non-hydrogen) atoms. The van der Waals surface area contributed by atoms with E-state index in [1.165, 1.54) is 18.4 Å². The fourth-order valence-electron chi connectivity index (χ4n) is 3.07. The number of ether oxygens (including phenoxy) is 1. The number of aliphatic hydroxyl groups excluding tert-OH is 1. The van der Waals surface area contributed by atoms with Gasteiger partial charge in [-0.05, 0) is 43.0 Å². The number of hydrogen-bond acceptors (Lipinski definition) is 3. The summed E-state index contributed by atoms with van der Waals surface area (Å²) in [5.41, 5.74) is 4.33. The van der Waals surface area contributed by atoms with Crippen LogP contribution in [0.4, 0.5) is 0 Å². The summed E-state index contributed by atoms with van der Waals surface area (Å²) in [7, 11) is 1.40. The van der Waals surface area contributed by atoms with E-state index in [4.69, 9.17) is 4.74 Å². The maximum atomic E-state index is 11.6. The minimum absolute atomic E-state index is 0.134. The topological polar surface area (TPSA) is 51.5 Å². The lowest BCUT2D eigenvalue weighted by Gasteiger charge is -2.07. The molecule has 1 aromatic heterocycles. The molecule has 1 aromatic carbocycles. The standard InChI is InChI=1S/C15H17NO3/c1-19-15(18)10-5-6-14-12(9-10)11-3-2-4-13(11)16(14)7-8-17/h5-6,9,17H,2-4,7-8H2,1H3. The second kappa shape index (κ2) is 4.70. The first-order valence-electron chi connectivity index (χ1n) is 6.59. The number of hydrogen-bond donors (Lipinski definition) is 1. The number of aromatic nitrogens is 1. The number of carbonyl (C=O) groups is 1. The number of methoxy groups -OCH3 is 1. The lowest BCUT2D eigenvalue weighted by Crippen LogP contribution is -2.05. The molecule has 0 atom stereocenters. The molecule has 0 saturated carbocycles. The summed E-state index contributed by atoms with van der Waals surface area (Å²) in [5.74, 6) is -0.302. The van der Waals surface area contributed by atoms with Crippen LogP contribution in [0, 0.1) is 0 Å². The van der Waals surface area contributed by atoms with E-state index in [0.29, 0.717) is 12.1 Å². The van der Waals surface area contributed by atoms with Crippen LogP contribution in [0.25, 0.3) is 10.9 Å². The molecule has 1 N–H and O–H groups in total. The van der Waals surface area contributed by atoms with E-state index in [1.54, 1.807) is 6.07 Å². The van der Waals surface area contributed by atoms with E-state index < -0.39 is 0 Å². The molecule has 4 heteroatoms. The van der Waals surface area contributed by atoms with Crippen molar-refractivity contribution in [3.05, 3.63) is 35.0 Å². The Morgan fingerprint density at radius 2 is 2.26 bits per heavy atom. The van der Waals surface area contributed by atoms with Crippen LogP contribution in [-0.2, 0) is 24.1 Å². The van der Waals surface area contributed by atoms with E-state index in [9.17, 15) is 9.90 Å². The molecule has 3 rings (SSSR count). The predicted molar refractivity (Wildman–Crippen MR) is 72.4 cm³/mol. The highest BCUT2D eigenvalue weighted by molar-refractivity contribution is 5.96. The zero-order valence-corrected chi connectivity index (χ0v) is 11.0. The van der Waals surface area contributed by atoms with E-state index in [0.717, 1.165) is 30.2 Å². The highest BCUT2D eigenvalue weighted by Crippen LogP contribution is 2.33. The number of benzene rings is 1. The van der Waals surface area contributed by atoms with Crippen molar-refractivity contribution in [3.63, 3.8) is 0 Å². The molecule has 0 spiro atoms. The summed E-state index contributed by atoms with van der Waals surface area (Å²) in [6.45, 7) is 0.748. The molecule has 0 aliphatic heterocycles. The third-order valence-corrected chi connectivity index (χ3v) is 3.87. The molecule has 1 aliphatic rings. The summed E-state index contributed by atoms with van der Waals surface area (Å²) in [4.78, 5) is 11.6. The molecule has 0 amide bonds. The SMILES string of the molecule is COC(=O)c1ccc2c(c1)c1c(n2CCO)CCC1. The molecule has 1 heterocycles. The first-order chi connectivity index (χ1) is 9.26.